The Bertz CT molecular complexity index is 187. The van der Waals surface area contributed by atoms with Crippen molar-refractivity contribution in [2.75, 3.05) is 6.61 Å². The second-order valence-electron chi connectivity index (χ2n) is 5.69. The van der Waals surface area contributed by atoms with Crippen molar-refractivity contribution in [1.29, 1.82) is 0 Å². The topological polar surface area (TPSA) is 32.3 Å². The molecule has 0 aliphatic heterocycles. The van der Waals surface area contributed by atoms with E-state index >= 15 is 0 Å². The molecule has 0 heterocycles. The Kier molecular flexibility index (Phi) is 5.11. The Morgan fingerprint density at radius 1 is 0.812 bits per heavy atom. The summed E-state index contributed by atoms with van der Waals surface area (Å²) in [4.78, 5) is 0. The van der Waals surface area contributed by atoms with E-state index in [4.69, 9.17) is 0 Å². The number of aliphatic hydroxyl groups is 1. The highest BCUT2D eigenvalue weighted by atomic mass is 16.3. The van der Waals surface area contributed by atoms with Crippen molar-refractivity contribution >= 4 is 0 Å². The summed E-state index contributed by atoms with van der Waals surface area (Å²) in [5, 5.41) is 13.2. The van der Waals surface area contributed by atoms with E-state index < -0.39 is 0 Å². The molecule has 0 aromatic rings. The molecule has 2 N–H and O–H groups in total. The highest BCUT2D eigenvalue weighted by Crippen LogP contribution is 2.27. The Balaban J connectivity index is 1.77. The Morgan fingerprint density at radius 3 is 2.19 bits per heavy atom. The lowest BCUT2D eigenvalue weighted by Gasteiger charge is -2.27. The van der Waals surface area contributed by atoms with Crippen LogP contribution in [0.15, 0.2) is 0 Å². The maximum atomic E-state index is 9.33. The molecule has 0 aromatic heterocycles. The van der Waals surface area contributed by atoms with Crippen molar-refractivity contribution in [1.82, 2.24) is 5.32 Å². The van der Waals surface area contributed by atoms with Crippen LogP contribution >= 0.6 is 0 Å². The smallest absolute Gasteiger partial charge is 0.0474 e. The quantitative estimate of drug-likeness (QED) is 0.774. The maximum Gasteiger partial charge on any atom is 0.0474 e. The van der Waals surface area contributed by atoms with Crippen LogP contribution in [0.3, 0.4) is 0 Å². The molecule has 0 amide bonds. The minimum atomic E-state index is 0.379. The zero-order valence-electron chi connectivity index (χ0n) is 10.5. The normalized spacial score (nSPS) is 33.6. The molecule has 2 aliphatic carbocycles. The minimum absolute atomic E-state index is 0.379. The molecule has 2 nitrogen and oxygen atoms in total. The van der Waals surface area contributed by atoms with Gasteiger partial charge >= 0.3 is 0 Å². The summed E-state index contributed by atoms with van der Waals surface area (Å²) >= 11 is 0. The summed E-state index contributed by atoms with van der Waals surface area (Å²) in [5.74, 6) is 0.533. The molecule has 16 heavy (non-hydrogen) atoms. The average Bonchev–Trinajstić information content (AvgIpc) is 2.69. The molecule has 2 aliphatic rings. The van der Waals surface area contributed by atoms with Crippen molar-refractivity contribution in [3.8, 4) is 0 Å². The molecule has 2 unspecified atom stereocenters. The van der Waals surface area contributed by atoms with Crippen LogP contribution in [0.2, 0.25) is 0 Å². The predicted octanol–water partition coefficient (Wildman–Crippen LogP) is 2.85. The van der Waals surface area contributed by atoms with E-state index in [1.165, 1.54) is 64.2 Å². The van der Waals surface area contributed by atoms with Crippen LogP contribution < -0.4 is 5.32 Å². The van der Waals surface area contributed by atoms with Gasteiger partial charge in [-0.25, -0.2) is 0 Å². The Hall–Kier alpha value is -0.0800. The van der Waals surface area contributed by atoms with Crippen LogP contribution in [0.25, 0.3) is 0 Å². The Labute approximate surface area is 99.8 Å². The first-order valence-corrected chi connectivity index (χ1v) is 7.27. The van der Waals surface area contributed by atoms with Crippen molar-refractivity contribution < 1.29 is 5.11 Å². The van der Waals surface area contributed by atoms with Gasteiger partial charge in [-0.05, 0) is 31.6 Å². The number of aliphatic hydroxyl groups excluding tert-OH is 1. The molecular formula is C14H27NO. The van der Waals surface area contributed by atoms with Crippen LogP contribution in [0, 0.1) is 5.92 Å². The third-order valence-corrected chi connectivity index (χ3v) is 4.45. The third-order valence-electron chi connectivity index (χ3n) is 4.45. The van der Waals surface area contributed by atoms with Crippen LogP contribution in [0.5, 0.6) is 0 Å². The van der Waals surface area contributed by atoms with E-state index in [0.29, 0.717) is 18.6 Å². The fourth-order valence-corrected chi connectivity index (χ4v) is 3.40. The first-order chi connectivity index (χ1) is 7.90. The number of nitrogens with one attached hydrogen (secondary N) is 1. The third kappa shape index (κ3) is 3.46. The van der Waals surface area contributed by atoms with Crippen LogP contribution in [0.4, 0.5) is 0 Å². The van der Waals surface area contributed by atoms with Gasteiger partial charge in [0.2, 0.25) is 0 Å². The summed E-state index contributed by atoms with van der Waals surface area (Å²) < 4.78 is 0. The largest absolute Gasteiger partial charge is 0.396 e. The minimum Gasteiger partial charge on any atom is -0.396 e. The Morgan fingerprint density at radius 2 is 1.50 bits per heavy atom. The first kappa shape index (κ1) is 12.4. The van der Waals surface area contributed by atoms with E-state index in [1.54, 1.807) is 0 Å². The molecule has 2 rings (SSSR count). The number of rotatable bonds is 3. The summed E-state index contributed by atoms with van der Waals surface area (Å²) in [6, 6.07) is 1.34. The fourth-order valence-electron chi connectivity index (χ4n) is 3.40. The standard InChI is InChI=1S/C14H27NO/c16-11-12-7-6-10-14(12)15-13-8-4-2-1-3-5-9-13/h12-16H,1-11H2. The molecule has 2 fully saturated rings. The van der Waals surface area contributed by atoms with Gasteiger partial charge < -0.3 is 10.4 Å². The number of hydrogen-bond acceptors (Lipinski definition) is 2. The van der Waals surface area contributed by atoms with Gasteiger partial charge in [0.15, 0.2) is 0 Å². The van der Waals surface area contributed by atoms with Gasteiger partial charge in [0.05, 0.1) is 0 Å². The van der Waals surface area contributed by atoms with Crippen molar-refractivity contribution in [3.05, 3.63) is 0 Å². The SMILES string of the molecule is OCC1CCCC1NC1CCCCCCC1. The van der Waals surface area contributed by atoms with Gasteiger partial charge in [-0.15, -0.1) is 0 Å². The second-order valence-corrected chi connectivity index (χ2v) is 5.69. The predicted molar refractivity (Wildman–Crippen MR) is 67.5 cm³/mol. The average molecular weight is 225 g/mol. The van der Waals surface area contributed by atoms with Crippen LogP contribution in [0.1, 0.15) is 64.2 Å². The molecule has 0 saturated heterocycles. The van der Waals surface area contributed by atoms with Crippen molar-refractivity contribution in [2.24, 2.45) is 5.92 Å². The summed E-state index contributed by atoms with van der Waals surface area (Å²) in [6.07, 6.45) is 13.6. The highest BCUT2D eigenvalue weighted by molar-refractivity contribution is 4.85. The van der Waals surface area contributed by atoms with Gasteiger partial charge in [-0.1, -0.05) is 38.5 Å². The highest BCUT2D eigenvalue weighted by Gasteiger charge is 2.28. The maximum absolute atomic E-state index is 9.33. The molecule has 2 heteroatoms. The summed E-state index contributed by atoms with van der Waals surface area (Å²) in [7, 11) is 0. The zero-order chi connectivity index (χ0) is 11.2. The first-order valence-electron chi connectivity index (χ1n) is 7.27. The number of hydrogen-bond donors (Lipinski definition) is 2. The van der Waals surface area contributed by atoms with E-state index in [1.807, 2.05) is 0 Å². The van der Waals surface area contributed by atoms with E-state index in [0.717, 1.165) is 6.04 Å². The molecule has 0 aromatic carbocycles. The van der Waals surface area contributed by atoms with Gasteiger partial charge in [0.1, 0.15) is 0 Å². The van der Waals surface area contributed by atoms with E-state index in [2.05, 4.69) is 5.32 Å². The van der Waals surface area contributed by atoms with Crippen molar-refractivity contribution in [2.45, 2.75) is 76.3 Å². The molecule has 94 valence electrons. The fraction of sp³-hybridized carbons (Fsp3) is 1.00. The second kappa shape index (κ2) is 6.61. The molecule has 0 radical (unpaired) electrons. The monoisotopic (exact) mass is 225 g/mol. The van der Waals surface area contributed by atoms with Gasteiger partial charge in [0, 0.05) is 18.7 Å². The molecule has 0 bridgehead atoms. The lowest BCUT2D eigenvalue weighted by atomic mass is 9.95. The van der Waals surface area contributed by atoms with Gasteiger partial charge in [-0.3, -0.25) is 0 Å². The zero-order valence-corrected chi connectivity index (χ0v) is 10.5. The van der Waals surface area contributed by atoms with Crippen molar-refractivity contribution in [3.63, 3.8) is 0 Å². The molecule has 2 saturated carbocycles. The van der Waals surface area contributed by atoms with E-state index in [9.17, 15) is 5.11 Å². The van der Waals surface area contributed by atoms with Crippen LogP contribution in [-0.2, 0) is 0 Å². The van der Waals surface area contributed by atoms with Crippen LogP contribution in [-0.4, -0.2) is 23.8 Å². The summed E-state index contributed by atoms with van der Waals surface area (Å²) in [6.45, 7) is 0.379. The lowest BCUT2D eigenvalue weighted by molar-refractivity contribution is 0.195. The van der Waals surface area contributed by atoms with E-state index in [-0.39, 0.29) is 0 Å². The summed E-state index contributed by atoms with van der Waals surface area (Å²) in [5.41, 5.74) is 0. The van der Waals surface area contributed by atoms with Gasteiger partial charge in [0.25, 0.3) is 0 Å². The van der Waals surface area contributed by atoms with Gasteiger partial charge in [-0.2, -0.15) is 0 Å². The molecule has 2 atom stereocenters. The molecule has 0 spiro atoms. The lowest BCUT2D eigenvalue weighted by Crippen LogP contribution is -2.41. The molecular weight excluding hydrogens is 198 g/mol.